The molecule has 74 valence electrons. The van der Waals surface area contributed by atoms with E-state index in [4.69, 9.17) is 0 Å². The normalized spacial score (nSPS) is 11.5. The maximum absolute atomic E-state index is 3.86. The van der Waals surface area contributed by atoms with E-state index < -0.39 is 0 Å². The van der Waals surface area contributed by atoms with Gasteiger partial charge in [0.25, 0.3) is 0 Å². The van der Waals surface area contributed by atoms with Gasteiger partial charge < -0.3 is 0 Å². The summed E-state index contributed by atoms with van der Waals surface area (Å²) in [5, 5.41) is 2.15. The van der Waals surface area contributed by atoms with E-state index in [1.165, 1.54) is 16.7 Å². The highest BCUT2D eigenvalue weighted by Crippen LogP contribution is 2.22. The van der Waals surface area contributed by atoms with Crippen LogP contribution in [-0.2, 0) is 0 Å². The van der Waals surface area contributed by atoms with Crippen molar-refractivity contribution in [3.63, 3.8) is 0 Å². The first kappa shape index (κ1) is 11.1. The molecule has 0 aliphatic heterocycles. The zero-order valence-electron chi connectivity index (χ0n) is 9.00. The van der Waals surface area contributed by atoms with E-state index in [0.29, 0.717) is 0 Å². The summed E-state index contributed by atoms with van der Waals surface area (Å²) < 4.78 is 0. The average Bonchev–Trinajstić information content (AvgIpc) is 2.14. The first-order valence-corrected chi connectivity index (χ1v) is 5.53. The molecule has 0 aliphatic rings. The topological polar surface area (TPSA) is 0 Å². The first-order valence-electron chi connectivity index (χ1n) is 4.65. The Bertz CT molecular complexity index is 361. The predicted molar refractivity (Wildman–Crippen MR) is 67.2 cm³/mol. The van der Waals surface area contributed by atoms with Gasteiger partial charge in [-0.3, -0.25) is 0 Å². The van der Waals surface area contributed by atoms with E-state index >= 15 is 0 Å². The van der Waals surface area contributed by atoms with Gasteiger partial charge >= 0.3 is 0 Å². The van der Waals surface area contributed by atoms with Gasteiger partial charge in [0, 0.05) is 0 Å². The van der Waals surface area contributed by atoms with Crippen molar-refractivity contribution in [1.29, 1.82) is 0 Å². The van der Waals surface area contributed by atoms with Crippen molar-refractivity contribution >= 4 is 17.3 Å². The Morgan fingerprint density at radius 1 is 1.36 bits per heavy atom. The summed E-state index contributed by atoms with van der Waals surface area (Å²) in [4.78, 5) is 1.12. The van der Waals surface area contributed by atoms with Crippen LogP contribution in [0.2, 0.25) is 0 Å². The van der Waals surface area contributed by atoms with Gasteiger partial charge in [-0.1, -0.05) is 36.4 Å². The maximum atomic E-state index is 3.86. The molecule has 1 rings (SSSR count). The van der Waals surface area contributed by atoms with Crippen molar-refractivity contribution in [3.05, 3.63) is 52.3 Å². The van der Waals surface area contributed by atoms with Gasteiger partial charge in [0.15, 0.2) is 0 Å². The van der Waals surface area contributed by atoms with Crippen LogP contribution < -0.4 is 0 Å². The Morgan fingerprint density at radius 3 is 2.64 bits per heavy atom. The molecular formula is C13H16S. The Morgan fingerprint density at radius 2 is 2.07 bits per heavy atom. The van der Waals surface area contributed by atoms with Crippen LogP contribution in [0.4, 0.5) is 0 Å². The van der Waals surface area contributed by atoms with Gasteiger partial charge in [-0.15, -0.1) is 11.8 Å². The molecule has 0 aliphatic carbocycles. The second-order valence-corrected chi connectivity index (χ2v) is 4.66. The number of allylic oxidation sites excluding steroid dienone is 2. The lowest BCUT2D eigenvalue weighted by molar-refractivity contribution is 1.44. The molecule has 14 heavy (non-hydrogen) atoms. The number of rotatable bonds is 3. The molecule has 0 heterocycles. The molecule has 0 spiro atoms. The third-order valence-electron chi connectivity index (χ3n) is 1.91. The molecule has 0 radical (unpaired) electrons. The van der Waals surface area contributed by atoms with E-state index in [1.54, 1.807) is 11.8 Å². The molecule has 0 fully saturated rings. The number of thioether (sulfide) groups is 1. The number of aryl methyl sites for hydroxylation is 1. The van der Waals surface area contributed by atoms with Crippen LogP contribution in [0.1, 0.15) is 25.0 Å². The van der Waals surface area contributed by atoms with Gasteiger partial charge in [-0.05, 0) is 42.2 Å². The second kappa shape index (κ2) is 5.06. The van der Waals surface area contributed by atoms with Gasteiger partial charge in [0.05, 0.1) is 0 Å². The van der Waals surface area contributed by atoms with Crippen LogP contribution in [0.15, 0.2) is 41.2 Å². The molecule has 0 unspecified atom stereocenters. The monoisotopic (exact) mass is 204 g/mol. The van der Waals surface area contributed by atoms with Crippen molar-refractivity contribution in [2.75, 3.05) is 0 Å². The molecule has 0 atom stereocenters. The third-order valence-corrected chi connectivity index (χ3v) is 2.78. The van der Waals surface area contributed by atoms with Crippen molar-refractivity contribution < 1.29 is 0 Å². The van der Waals surface area contributed by atoms with Crippen LogP contribution in [-0.4, -0.2) is 0 Å². The molecule has 1 aromatic rings. The lowest BCUT2D eigenvalue weighted by Gasteiger charge is -2.02. The van der Waals surface area contributed by atoms with Crippen LogP contribution in [0, 0.1) is 6.92 Å². The third kappa shape index (κ3) is 3.43. The highest BCUT2D eigenvalue weighted by molar-refractivity contribution is 8.05. The van der Waals surface area contributed by atoms with Crippen LogP contribution in [0.5, 0.6) is 0 Å². The molecule has 0 saturated heterocycles. The van der Waals surface area contributed by atoms with Gasteiger partial charge in [0.2, 0.25) is 0 Å². The molecule has 0 amide bonds. The molecule has 1 heteroatoms. The molecular weight excluding hydrogens is 188 g/mol. The van der Waals surface area contributed by atoms with Crippen molar-refractivity contribution in [2.24, 2.45) is 0 Å². The standard InChI is InChI=1S/C13H16S/c1-10(2)14-9-12(4)13-7-5-6-11(3)8-13/h5-9H,1H2,2-4H3/b12-9+. The summed E-state index contributed by atoms with van der Waals surface area (Å²) >= 11 is 1.68. The zero-order valence-corrected chi connectivity index (χ0v) is 9.82. The van der Waals surface area contributed by atoms with E-state index in [9.17, 15) is 0 Å². The van der Waals surface area contributed by atoms with Gasteiger partial charge in [0.1, 0.15) is 0 Å². The van der Waals surface area contributed by atoms with E-state index in [1.807, 2.05) is 6.92 Å². The Kier molecular flexibility index (Phi) is 4.02. The fourth-order valence-corrected chi connectivity index (χ4v) is 1.66. The van der Waals surface area contributed by atoms with Crippen molar-refractivity contribution in [3.8, 4) is 0 Å². The van der Waals surface area contributed by atoms with Crippen LogP contribution in [0.3, 0.4) is 0 Å². The zero-order chi connectivity index (χ0) is 10.6. The fraction of sp³-hybridized carbons (Fsp3) is 0.231. The molecule has 1 aromatic carbocycles. The highest BCUT2D eigenvalue weighted by atomic mass is 32.2. The minimum atomic E-state index is 1.12. The Hall–Kier alpha value is -0.950. The molecule has 0 bridgehead atoms. The molecule has 0 saturated carbocycles. The first-order chi connectivity index (χ1) is 6.59. The summed E-state index contributed by atoms with van der Waals surface area (Å²) in [6.45, 7) is 10.1. The minimum absolute atomic E-state index is 1.12. The largest absolute Gasteiger partial charge is 0.103 e. The average molecular weight is 204 g/mol. The highest BCUT2D eigenvalue weighted by Gasteiger charge is 1.95. The lowest BCUT2D eigenvalue weighted by Crippen LogP contribution is -1.79. The van der Waals surface area contributed by atoms with Crippen LogP contribution in [0.25, 0.3) is 5.57 Å². The quantitative estimate of drug-likeness (QED) is 0.692. The second-order valence-electron chi connectivity index (χ2n) is 3.49. The van der Waals surface area contributed by atoms with Gasteiger partial charge in [-0.2, -0.15) is 0 Å². The summed E-state index contributed by atoms with van der Waals surface area (Å²) in [5.74, 6) is 0. The number of hydrogen-bond acceptors (Lipinski definition) is 1. The summed E-state index contributed by atoms with van der Waals surface area (Å²) in [5.41, 5.74) is 3.89. The maximum Gasteiger partial charge on any atom is -0.0210 e. The van der Waals surface area contributed by atoms with Crippen molar-refractivity contribution in [1.82, 2.24) is 0 Å². The summed E-state index contributed by atoms with van der Waals surface area (Å²) in [6, 6.07) is 8.54. The minimum Gasteiger partial charge on any atom is -0.103 e. The summed E-state index contributed by atoms with van der Waals surface area (Å²) in [6.07, 6.45) is 0. The smallest absolute Gasteiger partial charge is 0.0210 e. The summed E-state index contributed by atoms with van der Waals surface area (Å²) in [7, 11) is 0. The van der Waals surface area contributed by atoms with Crippen LogP contribution >= 0.6 is 11.8 Å². The fourth-order valence-electron chi connectivity index (χ4n) is 1.15. The molecule has 0 aromatic heterocycles. The Labute approximate surface area is 90.7 Å². The van der Waals surface area contributed by atoms with Crippen molar-refractivity contribution in [2.45, 2.75) is 20.8 Å². The van der Waals surface area contributed by atoms with E-state index in [2.05, 4.69) is 50.1 Å². The lowest BCUT2D eigenvalue weighted by atomic mass is 10.1. The van der Waals surface area contributed by atoms with E-state index in [0.717, 1.165) is 4.91 Å². The predicted octanol–water partition coefficient (Wildman–Crippen LogP) is 4.62. The number of hydrogen-bond donors (Lipinski definition) is 0. The molecule has 0 nitrogen and oxygen atoms in total. The Balaban J connectivity index is 2.83. The molecule has 0 N–H and O–H groups in total. The SMILES string of the molecule is C=C(C)S/C=C(\C)c1cccc(C)c1. The number of benzene rings is 1. The van der Waals surface area contributed by atoms with Gasteiger partial charge in [-0.25, -0.2) is 0 Å². The van der Waals surface area contributed by atoms with E-state index in [-0.39, 0.29) is 0 Å².